The summed E-state index contributed by atoms with van der Waals surface area (Å²) in [6.45, 7) is 5.96. The molecular weight excluding hydrogens is 286 g/mol. The predicted octanol–water partition coefficient (Wildman–Crippen LogP) is 3.94. The van der Waals surface area contributed by atoms with E-state index in [-0.39, 0.29) is 5.56 Å². The molecule has 5 heteroatoms. The molecule has 1 aromatic heterocycles. The maximum atomic E-state index is 12.4. The highest BCUT2D eigenvalue weighted by molar-refractivity contribution is 6.32. The molecule has 1 N–H and O–H groups in total. The monoisotopic (exact) mass is 311 g/mol. The zero-order valence-electron chi connectivity index (χ0n) is 13.1. The lowest BCUT2D eigenvalue weighted by atomic mass is 9.85. The Kier molecular flexibility index (Phi) is 6.09. The molecule has 0 spiro atoms. The average molecular weight is 312 g/mol. The van der Waals surface area contributed by atoms with Crippen LogP contribution in [0.4, 0.5) is 5.69 Å². The summed E-state index contributed by atoms with van der Waals surface area (Å²) in [6, 6.07) is 0. The van der Waals surface area contributed by atoms with Gasteiger partial charge in [-0.3, -0.25) is 4.79 Å². The summed E-state index contributed by atoms with van der Waals surface area (Å²) in [6.07, 6.45) is 8.70. The molecule has 0 amide bonds. The van der Waals surface area contributed by atoms with Crippen LogP contribution in [0.2, 0.25) is 5.02 Å². The van der Waals surface area contributed by atoms with Crippen molar-refractivity contribution in [1.82, 2.24) is 9.78 Å². The molecule has 1 aliphatic rings. The fourth-order valence-electron chi connectivity index (χ4n) is 2.57. The van der Waals surface area contributed by atoms with E-state index in [1.165, 1.54) is 32.1 Å². The Bertz CT molecular complexity index is 509. The van der Waals surface area contributed by atoms with E-state index in [9.17, 15) is 4.79 Å². The molecule has 0 unspecified atom stereocenters. The van der Waals surface area contributed by atoms with Crippen LogP contribution in [0, 0.1) is 11.8 Å². The molecule has 0 saturated heterocycles. The minimum absolute atomic E-state index is 0.0849. The maximum Gasteiger partial charge on any atom is 0.291 e. The van der Waals surface area contributed by atoms with Crippen LogP contribution in [-0.2, 0) is 6.54 Å². The first-order valence-corrected chi connectivity index (χ1v) is 8.45. The number of anilines is 1. The third kappa shape index (κ3) is 4.73. The molecule has 0 bridgehead atoms. The SMILES string of the molecule is CC(C)CCCCNc1c(Cl)cnn(CC2CCC2)c1=O. The molecule has 1 heterocycles. The van der Waals surface area contributed by atoms with Gasteiger partial charge >= 0.3 is 0 Å². The van der Waals surface area contributed by atoms with Crippen molar-refractivity contribution in [2.45, 2.75) is 58.9 Å². The van der Waals surface area contributed by atoms with E-state index in [1.54, 1.807) is 10.9 Å². The zero-order valence-corrected chi connectivity index (χ0v) is 13.8. The normalized spacial score (nSPS) is 15.2. The quantitative estimate of drug-likeness (QED) is 0.740. The van der Waals surface area contributed by atoms with Gasteiger partial charge in [0.1, 0.15) is 5.69 Å². The first-order chi connectivity index (χ1) is 10.1. The van der Waals surface area contributed by atoms with Crippen molar-refractivity contribution >= 4 is 17.3 Å². The van der Waals surface area contributed by atoms with Gasteiger partial charge < -0.3 is 5.32 Å². The Balaban J connectivity index is 1.91. The van der Waals surface area contributed by atoms with Gasteiger partial charge in [0.15, 0.2) is 0 Å². The molecule has 118 valence electrons. The third-order valence-electron chi connectivity index (χ3n) is 4.16. The number of unbranched alkanes of at least 4 members (excludes halogenated alkanes) is 1. The average Bonchev–Trinajstić information content (AvgIpc) is 2.38. The summed E-state index contributed by atoms with van der Waals surface area (Å²) in [4.78, 5) is 12.4. The van der Waals surface area contributed by atoms with E-state index >= 15 is 0 Å². The maximum absolute atomic E-state index is 12.4. The molecule has 0 aromatic carbocycles. The van der Waals surface area contributed by atoms with Crippen LogP contribution in [-0.4, -0.2) is 16.3 Å². The molecular formula is C16H26ClN3O. The van der Waals surface area contributed by atoms with Crippen LogP contribution in [0.1, 0.15) is 52.4 Å². The number of nitrogens with one attached hydrogen (secondary N) is 1. The first kappa shape index (κ1) is 16.3. The summed E-state index contributed by atoms with van der Waals surface area (Å²) in [5, 5.41) is 7.78. The molecule has 1 aliphatic carbocycles. The van der Waals surface area contributed by atoms with Crippen LogP contribution in [0.5, 0.6) is 0 Å². The highest BCUT2D eigenvalue weighted by Gasteiger charge is 2.20. The highest BCUT2D eigenvalue weighted by atomic mass is 35.5. The van der Waals surface area contributed by atoms with Gasteiger partial charge in [0.05, 0.1) is 11.2 Å². The smallest absolute Gasteiger partial charge is 0.291 e. The third-order valence-corrected chi connectivity index (χ3v) is 4.45. The Hall–Kier alpha value is -1.03. The summed E-state index contributed by atoms with van der Waals surface area (Å²) >= 11 is 6.11. The topological polar surface area (TPSA) is 46.9 Å². The van der Waals surface area contributed by atoms with Crippen molar-refractivity contribution < 1.29 is 0 Å². The molecule has 0 aliphatic heterocycles. The number of hydrogen-bond acceptors (Lipinski definition) is 3. The fraction of sp³-hybridized carbons (Fsp3) is 0.750. The number of aromatic nitrogens is 2. The van der Waals surface area contributed by atoms with Crippen LogP contribution < -0.4 is 10.9 Å². The van der Waals surface area contributed by atoms with Crippen LogP contribution in [0.25, 0.3) is 0 Å². The molecule has 0 radical (unpaired) electrons. The van der Waals surface area contributed by atoms with Crippen LogP contribution in [0.15, 0.2) is 11.0 Å². The summed E-state index contributed by atoms with van der Waals surface area (Å²) in [5.74, 6) is 1.34. The van der Waals surface area contributed by atoms with Gasteiger partial charge in [-0.05, 0) is 31.1 Å². The van der Waals surface area contributed by atoms with E-state index < -0.39 is 0 Å². The second-order valence-electron chi connectivity index (χ2n) is 6.47. The number of nitrogens with zero attached hydrogens (tertiary/aromatic N) is 2. The van der Waals surface area contributed by atoms with E-state index in [1.807, 2.05) is 0 Å². The van der Waals surface area contributed by atoms with Crippen molar-refractivity contribution in [3.05, 3.63) is 21.6 Å². The van der Waals surface area contributed by atoms with E-state index in [0.717, 1.165) is 25.4 Å². The zero-order chi connectivity index (χ0) is 15.2. The van der Waals surface area contributed by atoms with E-state index in [4.69, 9.17) is 11.6 Å². The van der Waals surface area contributed by atoms with Gasteiger partial charge in [-0.2, -0.15) is 5.10 Å². The Labute approximate surface area is 131 Å². The molecule has 4 nitrogen and oxygen atoms in total. The summed E-state index contributed by atoms with van der Waals surface area (Å²) < 4.78 is 1.56. The Morgan fingerprint density at radius 1 is 1.43 bits per heavy atom. The van der Waals surface area contributed by atoms with Gasteiger partial charge in [0.25, 0.3) is 5.56 Å². The molecule has 2 rings (SSSR count). The van der Waals surface area contributed by atoms with Gasteiger partial charge in [0, 0.05) is 13.1 Å². The fourth-order valence-corrected chi connectivity index (χ4v) is 2.76. The van der Waals surface area contributed by atoms with E-state index in [0.29, 0.717) is 16.6 Å². The first-order valence-electron chi connectivity index (χ1n) is 8.07. The second kappa shape index (κ2) is 7.83. The van der Waals surface area contributed by atoms with Crippen LogP contribution in [0.3, 0.4) is 0 Å². The van der Waals surface area contributed by atoms with Crippen molar-refractivity contribution in [3.63, 3.8) is 0 Å². The Morgan fingerprint density at radius 3 is 2.81 bits per heavy atom. The van der Waals surface area contributed by atoms with Gasteiger partial charge in [-0.25, -0.2) is 4.68 Å². The van der Waals surface area contributed by atoms with Crippen molar-refractivity contribution in [3.8, 4) is 0 Å². The van der Waals surface area contributed by atoms with Gasteiger partial charge in [-0.15, -0.1) is 0 Å². The van der Waals surface area contributed by atoms with Crippen molar-refractivity contribution in [2.75, 3.05) is 11.9 Å². The highest BCUT2D eigenvalue weighted by Crippen LogP contribution is 2.27. The molecule has 1 fully saturated rings. The number of rotatable bonds is 8. The Morgan fingerprint density at radius 2 is 2.19 bits per heavy atom. The molecule has 0 atom stereocenters. The summed E-state index contributed by atoms with van der Waals surface area (Å²) in [5.41, 5.74) is 0.425. The number of hydrogen-bond donors (Lipinski definition) is 1. The lowest BCUT2D eigenvalue weighted by Gasteiger charge is -2.25. The minimum atomic E-state index is -0.0849. The standard InChI is InChI=1S/C16H26ClN3O/c1-12(2)6-3-4-9-18-15-14(17)10-19-20(16(15)21)11-13-7-5-8-13/h10,12-13,18H,3-9,11H2,1-2H3. The lowest BCUT2D eigenvalue weighted by Crippen LogP contribution is -2.31. The minimum Gasteiger partial charge on any atom is -0.379 e. The van der Waals surface area contributed by atoms with Crippen molar-refractivity contribution in [2.24, 2.45) is 11.8 Å². The van der Waals surface area contributed by atoms with Crippen molar-refractivity contribution in [1.29, 1.82) is 0 Å². The second-order valence-corrected chi connectivity index (χ2v) is 6.88. The molecule has 21 heavy (non-hydrogen) atoms. The molecule has 1 saturated carbocycles. The largest absolute Gasteiger partial charge is 0.379 e. The number of halogens is 1. The lowest BCUT2D eigenvalue weighted by molar-refractivity contribution is 0.262. The summed E-state index contributed by atoms with van der Waals surface area (Å²) in [7, 11) is 0. The van der Waals surface area contributed by atoms with E-state index in [2.05, 4.69) is 24.3 Å². The van der Waals surface area contributed by atoms with Gasteiger partial charge in [0.2, 0.25) is 0 Å². The van der Waals surface area contributed by atoms with Gasteiger partial charge in [-0.1, -0.05) is 44.7 Å². The van der Waals surface area contributed by atoms with Crippen LogP contribution >= 0.6 is 11.6 Å². The predicted molar refractivity (Wildman–Crippen MR) is 88.0 cm³/mol. The molecule has 1 aromatic rings.